The minimum absolute atomic E-state index is 0.00187. The van der Waals surface area contributed by atoms with Gasteiger partial charge in [-0.25, -0.2) is 26.3 Å². The van der Waals surface area contributed by atoms with Crippen molar-refractivity contribution in [1.29, 1.82) is 0 Å². The van der Waals surface area contributed by atoms with Crippen molar-refractivity contribution in [3.63, 3.8) is 0 Å². The summed E-state index contributed by atoms with van der Waals surface area (Å²) in [4.78, 5) is 54.5. The summed E-state index contributed by atoms with van der Waals surface area (Å²) in [7, 11) is 2.42. The van der Waals surface area contributed by atoms with E-state index in [1.807, 2.05) is 0 Å². The summed E-state index contributed by atoms with van der Waals surface area (Å²) in [5.41, 5.74) is -0.611. The van der Waals surface area contributed by atoms with Crippen LogP contribution in [0.1, 0.15) is 41.4 Å². The largest absolute Gasteiger partial charge is 0.277 e. The van der Waals surface area contributed by atoms with Gasteiger partial charge in [-0.05, 0) is 79.5 Å². The topological polar surface area (TPSA) is 74.8 Å². The fraction of sp³-hybridized carbons (Fsp3) is 0.0435. The molecule has 11 aromatic carbocycles. The fourth-order valence-corrected chi connectivity index (χ4v) is 10.6. The van der Waals surface area contributed by atoms with Gasteiger partial charge in [-0.15, -0.1) is 0 Å². The average Bonchev–Trinajstić information content (AvgIpc) is 3.20. The lowest BCUT2D eigenvalue weighted by Gasteiger charge is -2.27. The highest BCUT2D eigenvalue weighted by atomic mass is 19.1. The van der Waals surface area contributed by atoms with E-state index < -0.39 is 58.5 Å². The van der Waals surface area contributed by atoms with E-state index in [9.17, 15) is 19.2 Å². The van der Waals surface area contributed by atoms with Crippen molar-refractivity contribution in [3.05, 3.63) is 118 Å². The van der Waals surface area contributed by atoms with Gasteiger partial charge in [0.1, 0.15) is 34.9 Å². The van der Waals surface area contributed by atoms with Crippen LogP contribution in [-0.2, 0) is 0 Å². The Labute approximate surface area is 318 Å². The van der Waals surface area contributed by atoms with E-state index in [1.54, 1.807) is 0 Å². The molecule has 58 heavy (non-hydrogen) atoms. The molecular weight excluding hydrogens is 759 g/mol. The Balaban J connectivity index is 1.27. The highest BCUT2D eigenvalue weighted by molar-refractivity contribution is 6.48. The second kappa shape index (κ2) is 9.60. The number of nitrogens with zero attached hydrogens (tertiary/aromatic N) is 2. The normalized spacial score (nSPS) is 15.0. The number of halogens is 6. The zero-order valence-corrected chi connectivity index (χ0v) is 29.6. The van der Waals surface area contributed by atoms with E-state index in [-0.39, 0.29) is 130 Å². The number of fused-ring (bicyclic) bond motifs is 6. The molecule has 4 amide bonds. The fourth-order valence-electron chi connectivity index (χ4n) is 10.6. The van der Waals surface area contributed by atoms with E-state index in [0.29, 0.717) is 0 Å². The summed E-state index contributed by atoms with van der Waals surface area (Å²) in [6.07, 6.45) is 0. The minimum Gasteiger partial charge on any atom is -0.277 e. The van der Waals surface area contributed by atoms with Crippen LogP contribution in [-0.4, -0.2) is 47.5 Å². The molecule has 11 aromatic rings. The van der Waals surface area contributed by atoms with Crippen molar-refractivity contribution in [1.82, 2.24) is 9.80 Å². The maximum Gasteiger partial charge on any atom is 0.261 e. The first-order chi connectivity index (χ1) is 27.8. The Hall–Kier alpha value is -7.34. The molecule has 2 aliphatic heterocycles. The van der Waals surface area contributed by atoms with Gasteiger partial charge >= 0.3 is 0 Å². The van der Waals surface area contributed by atoms with Gasteiger partial charge in [-0.1, -0.05) is 24.3 Å². The van der Waals surface area contributed by atoms with Gasteiger partial charge in [0.15, 0.2) is 0 Å². The monoisotopic (exact) mass is 774 g/mol. The Bertz CT molecular complexity index is 3690. The SMILES string of the molecule is CN1C(=O)c2cc(F)c3c4ccc5c6c(F)cc7c8c(F)cc9c%10c(cc(F)c(c%11ccc(c%12c(F)cc(c%13c(F)cc(c2c3%13)C1=O)c4c5%12)c6c%117)c%108)C(=O)N(C)C9=O. The smallest absolute Gasteiger partial charge is 0.261 e. The molecule has 6 nitrogen and oxygen atoms in total. The lowest BCUT2D eigenvalue weighted by molar-refractivity contribution is 0.0635. The molecule has 0 atom stereocenters. The van der Waals surface area contributed by atoms with Gasteiger partial charge in [-0.2, -0.15) is 0 Å². The van der Waals surface area contributed by atoms with Crippen LogP contribution in [0.5, 0.6) is 0 Å². The molecule has 276 valence electrons. The molecule has 12 heteroatoms. The number of hydrogen-bond donors (Lipinski definition) is 0. The van der Waals surface area contributed by atoms with Crippen molar-refractivity contribution >= 4 is 131 Å². The zero-order chi connectivity index (χ0) is 39.9. The molecule has 0 fully saturated rings. The third kappa shape index (κ3) is 3.17. The number of benzene rings is 11. The van der Waals surface area contributed by atoms with Gasteiger partial charge < -0.3 is 0 Å². The van der Waals surface area contributed by atoms with Gasteiger partial charge in [0.05, 0.1) is 22.3 Å². The summed E-state index contributed by atoms with van der Waals surface area (Å²) in [6, 6.07) is 12.1. The molecule has 0 spiro atoms. The summed E-state index contributed by atoms with van der Waals surface area (Å²) in [5, 5.41) is 0.592. The molecule has 0 saturated carbocycles. The van der Waals surface area contributed by atoms with Crippen molar-refractivity contribution < 1.29 is 45.5 Å². The van der Waals surface area contributed by atoms with Crippen molar-refractivity contribution in [2.24, 2.45) is 0 Å². The van der Waals surface area contributed by atoms with Crippen LogP contribution in [0.2, 0.25) is 0 Å². The van der Waals surface area contributed by atoms with Gasteiger partial charge in [0, 0.05) is 78.7 Å². The molecule has 13 rings (SSSR count). The van der Waals surface area contributed by atoms with Crippen molar-refractivity contribution in [2.75, 3.05) is 14.1 Å². The van der Waals surface area contributed by atoms with Crippen LogP contribution < -0.4 is 0 Å². The predicted molar refractivity (Wildman–Crippen MR) is 208 cm³/mol. The van der Waals surface area contributed by atoms with Crippen LogP contribution >= 0.6 is 0 Å². The highest BCUT2D eigenvalue weighted by Gasteiger charge is 2.37. The molecular formula is C46H16F6N2O4. The Morgan fingerprint density at radius 2 is 0.534 bits per heavy atom. The second-order valence-electron chi connectivity index (χ2n) is 15.3. The summed E-state index contributed by atoms with van der Waals surface area (Å²) in [5.74, 6) is -8.56. The summed E-state index contributed by atoms with van der Waals surface area (Å²) >= 11 is 0. The maximum absolute atomic E-state index is 17.1. The molecule has 0 unspecified atom stereocenters. The number of imide groups is 2. The van der Waals surface area contributed by atoms with E-state index >= 15 is 26.3 Å². The molecule has 0 aliphatic carbocycles. The standard InChI is InChI=1S/C46H16F6N2O4/c1-53-43(55)19-9-25(49)35-13-3-5-15-34-24(48)8-18-30-14(36-26(50)10-20-32-22(46(58)54(2)44(20)56)12-28(52)38(18)42(32)36)4-6-16(40(30)34)33-23(47)7-17(29(13)39(15)33)37-27(51)11-21(45(53)57)31(19)41(35)37/h3-12H,1-2H3. The Morgan fingerprint density at radius 1 is 0.293 bits per heavy atom. The second-order valence-corrected chi connectivity index (χ2v) is 15.3. The van der Waals surface area contributed by atoms with Crippen LogP contribution in [0.4, 0.5) is 26.3 Å². The Morgan fingerprint density at radius 3 is 0.845 bits per heavy atom. The van der Waals surface area contributed by atoms with Gasteiger partial charge in [0.25, 0.3) is 23.6 Å². The minimum atomic E-state index is -0.957. The molecule has 2 heterocycles. The van der Waals surface area contributed by atoms with Crippen LogP contribution in [0.3, 0.4) is 0 Å². The molecule has 2 aliphatic rings. The molecule has 0 N–H and O–H groups in total. The van der Waals surface area contributed by atoms with Gasteiger partial charge in [-0.3, -0.25) is 29.0 Å². The maximum atomic E-state index is 17.1. The van der Waals surface area contributed by atoms with E-state index in [2.05, 4.69) is 0 Å². The number of rotatable bonds is 0. The molecule has 0 radical (unpaired) electrons. The highest BCUT2D eigenvalue weighted by Crippen LogP contribution is 2.54. The number of hydrogen-bond acceptors (Lipinski definition) is 4. The van der Waals surface area contributed by atoms with E-state index in [4.69, 9.17) is 0 Å². The number of carbonyl (C=O) groups is 4. The van der Waals surface area contributed by atoms with Crippen LogP contribution in [0.25, 0.3) is 108 Å². The summed E-state index contributed by atoms with van der Waals surface area (Å²) in [6.45, 7) is 0. The van der Waals surface area contributed by atoms with E-state index in [1.165, 1.54) is 38.4 Å². The zero-order valence-electron chi connectivity index (χ0n) is 29.6. The van der Waals surface area contributed by atoms with Crippen LogP contribution in [0.15, 0.2) is 60.7 Å². The van der Waals surface area contributed by atoms with Crippen LogP contribution in [0, 0.1) is 34.9 Å². The predicted octanol–water partition coefficient (Wildman–Crippen LogP) is 10.8. The first-order valence-electron chi connectivity index (χ1n) is 18.0. The number of carbonyl (C=O) groups excluding carboxylic acids is 4. The third-order valence-electron chi connectivity index (χ3n) is 12.8. The molecule has 0 saturated heterocycles. The lowest BCUT2D eigenvalue weighted by atomic mass is 9.79. The molecule has 0 aromatic heterocycles. The average molecular weight is 775 g/mol. The van der Waals surface area contributed by atoms with E-state index in [0.717, 1.165) is 46.2 Å². The number of amides is 4. The first-order valence-corrected chi connectivity index (χ1v) is 18.0. The molecule has 0 bridgehead atoms. The van der Waals surface area contributed by atoms with Gasteiger partial charge in [0.2, 0.25) is 0 Å². The van der Waals surface area contributed by atoms with Crippen molar-refractivity contribution in [2.45, 2.75) is 0 Å². The quantitative estimate of drug-likeness (QED) is 0.0666. The lowest BCUT2D eigenvalue weighted by Crippen LogP contribution is -2.37. The third-order valence-corrected chi connectivity index (χ3v) is 12.8. The van der Waals surface area contributed by atoms with Crippen molar-refractivity contribution in [3.8, 4) is 0 Å². The first kappa shape index (κ1) is 31.8. The Kier molecular flexibility index (Phi) is 5.27. The summed E-state index contributed by atoms with van der Waals surface area (Å²) < 4.78 is 100.